The number of hydrogen-bond acceptors (Lipinski definition) is 2. The van der Waals surface area contributed by atoms with Crippen molar-refractivity contribution < 1.29 is 9.18 Å². The van der Waals surface area contributed by atoms with Gasteiger partial charge in [-0.05, 0) is 47.9 Å². The van der Waals surface area contributed by atoms with E-state index in [0.717, 1.165) is 28.0 Å². The number of fused-ring (bicyclic) bond motifs is 1. The van der Waals surface area contributed by atoms with Gasteiger partial charge in [0.1, 0.15) is 17.7 Å². The topological polar surface area (TPSA) is 46.9 Å². The molecule has 3 aromatic carbocycles. The number of halogens is 2. The Morgan fingerprint density at radius 3 is 2.52 bits per heavy atom. The van der Waals surface area contributed by atoms with Crippen molar-refractivity contribution in [2.75, 3.05) is 0 Å². The van der Waals surface area contributed by atoms with E-state index in [1.807, 2.05) is 60.0 Å². The number of aromatic nitrogens is 2. The van der Waals surface area contributed by atoms with E-state index in [9.17, 15) is 9.18 Å². The maximum atomic E-state index is 13.2. The summed E-state index contributed by atoms with van der Waals surface area (Å²) in [6.45, 7) is 2.32. The third-order valence-corrected chi connectivity index (χ3v) is 5.73. The predicted molar refractivity (Wildman–Crippen MR) is 122 cm³/mol. The molecule has 0 fully saturated rings. The largest absolute Gasteiger partial charge is 0.350 e. The number of hydrogen-bond donors (Lipinski definition) is 1. The van der Waals surface area contributed by atoms with E-state index < -0.39 is 6.04 Å². The average Bonchev–Trinajstić information content (AvgIpc) is 3.13. The van der Waals surface area contributed by atoms with Gasteiger partial charge < -0.3 is 9.88 Å². The first-order chi connectivity index (χ1) is 15.1. The molecule has 0 saturated carbocycles. The van der Waals surface area contributed by atoms with Gasteiger partial charge >= 0.3 is 0 Å². The number of benzene rings is 3. The fourth-order valence-electron chi connectivity index (χ4n) is 3.77. The molecular formula is C25H23ClFN3O. The van der Waals surface area contributed by atoms with Crippen LogP contribution in [0.4, 0.5) is 4.39 Å². The number of nitrogens with one attached hydrogen (secondary N) is 1. The quantitative estimate of drug-likeness (QED) is 0.405. The minimum absolute atomic E-state index is 0.101. The van der Waals surface area contributed by atoms with E-state index >= 15 is 0 Å². The smallest absolute Gasteiger partial charge is 0.243 e. The molecule has 0 spiro atoms. The Labute approximate surface area is 185 Å². The predicted octanol–water partition coefficient (Wildman–Crippen LogP) is 5.69. The van der Waals surface area contributed by atoms with Crippen LogP contribution in [-0.4, -0.2) is 15.5 Å². The summed E-state index contributed by atoms with van der Waals surface area (Å²) in [7, 11) is 0. The second-order valence-electron chi connectivity index (χ2n) is 7.42. The van der Waals surface area contributed by atoms with Crippen molar-refractivity contribution in [3.05, 3.63) is 101 Å². The Hall–Kier alpha value is -3.18. The van der Waals surface area contributed by atoms with Crippen molar-refractivity contribution in [1.82, 2.24) is 14.9 Å². The number of para-hydroxylation sites is 2. The first-order valence-electron chi connectivity index (χ1n) is 10.3. The van der Waals surface area contributed by atoms with Crippen molar-refractivity contribution in [2.24, 2.45) is 0 Å². The summed E-state index contributed by atoms with van der Waals surface area (Å²) in [6, 6.07) is 21.2. The van der Waals surface area contributed by atoms with Gasteiger partial charge in [0.05, 0.1) is 11.0 Å². The zero-order chi connectivity index (χ0) is 21.8. The van der Waals surface area contributed by atoms with Gasteiger partial charge in [0, 0.05) is 18.0 Å². The van der Waals surface area contributed by atoms with Crippen LogP contribution in [0.1, 0.15) is 36.3 Å². The van der Waals surface area contributed by atoms with Crippen LogP contribution >= 0.6 is 11.6 Å². The Balaban J connectivity index is 1.65. The lowest BCUT2D eigenvalue weighted by atomic mass is 10.1. The number of imidazole rings is 1. The summed E-state index contributed by atoms with van der Waals surface area (Å²) < 4.78 is 15.2. The molecule has 1 heterocycles. The van der Waals surface area contributed by atoms with Crippen LogP contribution in [-0.2, 0) is 17.8 Å². The first-order valence-corrected chi connectivity index (χ1v) is 10.7. The maximum absolute atomic E-state index is 13.2. The van der Waals surface area contributed by atoms with Crippen molar-refractivity contribution in [2.45, 2.75) is 32.4 Å². The number of carbonyl (C=O) groups is 1. The summed E-state index contributed by atoms with van der Waals surface area (Å²) in [4.78, 5) is 18.0. The molecule has 0 bridgehead atoms. The molecule has 0 aliphatic rings. The molecule has 0 aliphatic carbocycles. The molecule has 31 heavy (non-hydrogen) atoms. The minimum atomic E-state index is -0.426. The van der Waals surface area contributed by atoms with Crippen LogP contribution in [0, 0.1) is 5.82 Å². The Kier molecular flexibility index (Phi) is 6.33. The van der Waals surface area contributed by atoms with E-state index in [0.29, 0.717) is 24.4 Å². The molecule has 4 aromatic rings. The Morgan fingerprint density at radius 1 is 1.06 bits per heavy atom. The second kappa shape index (κ2) is 9.31. The fourth-order valence-corrected chi connectivity index (χ4v) is 3.98. The van der Waals surface area contributed by atoms with E-state index in [-0.39, 0.29) is 11.7 Å². The molecule has 4 rings (SSSR count). The van der Waals surface area contributed by atoms with Gasteiger partial charge in [0.15, 0.2) is 0 Å². The summed E-state index contributed by atoms with van der Waals surface area (Å²) in [6.07, 6.45) is 1.13. The van der Waals surface area contributed by atoms with Crippen molar-refractivity contribution in [3.8, 4) is 0 Å². The van der Waals surface area contributed by atoms with Gasteiger partial charge in [-0.25, -0.2) is 9.37 Å². The molecule has 1 amide bonds. The molecule has 158 valence electrons. The lowest BCUT2D eigenvalue weighted by Gasteiger charge is -2.20. The van der Waals surface area contributed by atoms with E-state index in [4.69, 9.17) is 16.6 Å². The van der Waals surface area contributed by atoms with Crippen molar-refractivity contribution in [1.29, 1.82) is 0 Å². The van der Waals surface area contributed by atoms with Crippen LogP contribution in [0.2, 0.25) is 5.02 Å². The standard InChI is InChI=1S/C25H23ClFN3O/c1-2-22(25(31)28-16-17-11-13-19(27)14-12-17)30-23-10-6-5-9-21(23)29-24(30)15-18-7-3-4-8-20(18)26/h3-14,22H,2,15-16H2,1H3,(H,28,31)/t22-/m0/s1. The molecule has 0 radical (unpaired) electrons. The zero-order valence-corrected chi connectivity index (χ0v) is 17.9. The zero-order valence-electron chi connectivity index (χ0n) is 17.2. The lowest BCUT2D eigenvalue weighted by molar-refractivity contribution is -0.124. The number of carbonyl (C=O) groups excluding carboxylic acids is 1. The van der Waals surface area contributed by atoms with Gasteiger partial charge in [-0.3, -0.25) is 4.79 Å². The average molecular weight is 436 g/mol. The molecule has 1 aromatic heterocycles. The van der Waals surface area contributed by atoms with Crippen molar-refractivity contribution >= 4 is 28.5 Å². The van der Waals surface area contributed by atoms with Crippen molar-refractivity contribution in [3.63, 3.8) is 0 Å². The number of nitrogens with zero attached hydrogens (tertiary/aromatic N) is 2. The molecule has 4 nitrogen and oxygen atoms in total. The highest BCUT2D eigenvalue weighted by Gasteiger charge is 2.24. The lowest BCUT2D eigenvalue weighted by Crippen LogP contribution is -2.32. The molecule has 1 N–H and O–H groups in total. The summed E-state index contributed by atoms with van der Waals surface area (Å²) >= 11 is 6.39. The van der Waals surface area contributed by atoms with Gasteiger partial charge in [-0.15, -0.1) is 0 Å². The number of rotatable bonds is 7. The molecular weight excluding hydrogens is 413 g/mol. The Morgan fingerprint density at radius 2 is 1.77 bits per heavy atom. The highest BCUT2D eigenvalue weighted by molar-refractivity contribution is 6.31. The van der Waals surface area contributed by atoms with E-state index in [1.54, 1.807) is 12.1 Å². The Bertz CT molecular complexity index is 1200. The summed E-state index contributed by atoms with van der Waals surface area (Å²) in [5, 5.41) is 3.66. The highest BCUT2D eigenvalue weighted by atomic mass is 35.5. The van der Waals surface area contributed by atoms with Gasteiger partial charge in [-0.2, -0.15) is 0 Å². The second-order valence-corrected chi connectivity index (χ2v) is 7.83. The monoisotopic (exact) mass is 435 g/mol. The third-order valence-electron chi connectivity index (χ3n) is 5.36. The van der Waals surface area contributed by atoms with Crippen LogP contribution in [0.5, 0.6) is 0 Å². The van der Waals surface area contributed by atoms with E-state index in [2.05, 4.69) is 5.32 Å². The van der Waals surface area contributed by atoms with Crippen LogP contribution in [0.15, 0.2) is 72.8 Å². The minimum Gasteiger partial charge on any atom is -0.350 e. The maximum Gasteiger partial charge on any atom is 0.243 e. The summed E-state index contributed by atoms with van der Waals surface area (Å²) in [5.74, 6) is 0.393. The molecule has 6 heteroatoms. The molecule has 1 atom stereocenters. The molecule has 0 unspecified atom stereocenters. The third kappa shape index (κ3) is 4.62. The van der Waals surface area contributed by atoms with Crippen LogP contribution in [0.25, 0.3) is 11.0 Å². The normalized spacial score (nSPS) is 12.1. The highest BCUT2D eigenvalue weighted by Crippen LogP contribution is 2.27. The van der Waals surface area contributed by atoms with Crippen LogP contribution < -0.4 is 5.32 Å². The molecule has 0 aliphatic heterocycles. The van der Waals surface area contributed by atoms with Gasteiger partial charge in [0.2, 0.25) is 5.91 Å². The molecule has 0 saturated heterocycles. The SMILES string of the molecule is CC[C@@H](C(=O)NCc1ccc(F)cc1)n1c(Cc2ccccc2Cl)nc2ccccc21. The summed E-state index contributed by atoms with van der Waals surface area (Å²) in [5.41, 5.74) is 3.56. The van der Waals surface area contributed by atoms with Gasteiger partial charge in [-0.1, -0.05) is 61.0 Å². The van der Waals surface area contributed by atoms with Gasteiger partial charge in [0.25, 0.3) is 0 Å². The fraction of sp³-hybridized carbons (Fsp3) is 0.200. The van der Waals surface area contributed by atoms with Crippen LogP contribution in [0.3, 0.4) is 0 Å². The first kappa shape index (κ1) is 21.1. The number of amides is 1. The van der Waals surface area contributed by atoms with E-state index in [1.165, 1.54) is 12.1 Å².